The second-order valence-corrected chi connectivity index (χ2v) is 15.6. The van der Waals surface area contributed by atoms with E-state index in [0.29, 0.717) is 17.5 Å². The summed E-state index contributed by atoms with van der Waals surface area (Å²) in [4.78, 5) is 15.5. The van der Waals surface area contributed by atoms with Crippen molar-refractivity contribution in [3.63, 3.8) is 0 Å². The Hall–Kier alpha value is -8.41. The minimum atomic E-state index is 0.578. The van der Waals surface area contributed by atoms with E-state index < -0.39 is 0 Å². The summed E-state index contributed by atoms with van der Waals surface area (Å²) in [5.41, 5.74) is 14.3. The molecule has 0 aliphatic carbocycles. The average molecular weight is 793 g/mol. The highest BCUT2D eigenvalue weighted by Gasteiger charge is 2.22. The number of benzene rings is 9. The van der Waals surface area contributed by atoms with Crippen molar-refractivity contribution in [2.75, 3.05) is 0 Å². The van der Waals surface area contributed by atoms with Crippen LogP contribution in [0.25, 0.3) is 117 Å². The van der Waals surface area contributed by atoms with Crippen LogP contribution in [0.5, 0.6) is 0 Å². The molecule has 0 amide bonds. The molecule has 0 fully saturated rings. The minimum Gasteiger partial charge on any atom is -0.454 e. The van der Waals surface area contributed by atoms with Crippen molar-refractivity contribution in [2.45, 2.75) is 0 Å². The second-order valence-electron chi connectivity index (χ2n) is 15.6. The molecule has 0 aliphatic heterocycles. The largest absolute Gasteiger partial charge is 0.454 e. The smallest absolute Gasteiger partial charge is 0.164 e. The van der Waals surface area contributed by atoms with Gasteiger partial charge in [0.1, 0.15) is 5.58 Å². The van der Waals surface area contributed by atoms with Crippen LogP contribution >= 0.6 is 0 Å². The van der Waals surface area contributed by atoms with Gasteiger partial charge in [0.05, 0.1) is 16.7 Å². The summed E-state index contributed by atoms with van der Waals surface area (Å²) < 4.78 is 9.38. The van der Waals surface area contributed by atoms with E-state index in [2.05, 4.69) is 174 Å². The highest BCUT2D eigenvalue weighted by atomic mass is 16.3. The van der Waals surface area contributed by atoms with Gasteiger partial charge in [-0.1, -0.05) is 188 Å². The van der Waals surface area contributed by atoms with Gasteiger partial charge in [-0.3, -0.25) is 0 Å². The van der Waals surface area contributed by atoms with Crippen LogP contribution in [0.4, 0.5) is 0 Å². The molecule has 5 heteroatoms. The number of para-hydroxylation sites is 1. The summed E-state index contributed by atoms with van der Waals surface area (Å²) in [5, 5.41) is 4.29. The molecule has 9 aromatic carbocycles. The number of rotatable bonds is 7. The summed E-state index contributed by atoms with van der Waals surface area (Å²) in [5.74, 6) is 1.79. The molecule has 0 aliphatic rings. The lowest BCUT2D eigenvalue weighted by Crippen LogP contribution is -2.00. The van der Waals surface area contributed by atoms with Crippen LogP contribution in [0, 0.1) is 0 Å². The molecule has 0 N–H and O–H groups in total. The Labute approximate surface area is 357 Å². The number of nitrogens with zero attached hydrogens (tertiary/aromatic N) is 4. The maximum Gasteiger partial charge on any atom is 0.164 e. The fraction of sp³-hybridized carbons (Fsp3) is 0. The number of hydrogen-bond donors (Lipinski definition) is 0. The van der Waals surface area contributed by atoms with Crippen LogP contribution in [0.2, 0.25) is 0 Å². The van der Waals surface area contributed by atoms with Crippen LogP contribution in [0.3, 0.4) is 0 Å². The third kappa shape index (κ3) is 6.06. The predicted octanol–water partition coefficient (Wildman–Crippen LogP) is 14.9. The van der Waals surface area contributed by atoms with Gasteiger partial charge in [0.15, 0.2) is 23.1 Å². The summed E-state index contributed by atoms with van der Waals surface area (Å²) in [7, 11) is 0. The molecule has 62 heavy (non-hydrogen) atoms. The molecule has 290 valence electrons. The zero-order chi connectivity index (χ0) is 41.0. The molecule has 0 bridgehead atoms. The molecular formula is C57H36N4O. The number of fused-ring (bicyclic) bond motifs is 6. The van der Waals surface area contributed by atoms with Crippen LogP contribution in [0.15, 0.2) is 223 Å². The average Bonchev–Trinajstić information content (AvgIpc) is 3.90. The highest BCUT2D eigenvalue weighted by Crippen LogP contribution is 2.43. The summed E-state index contributed by atoms with van der Waals surface area (Å²) in [6, 6.07) is 76.3. The Morgan fingerprint density at radius 1 is 0.323 bits per heavy atom. The molecule has 0 spiro atoms. The van der Waals surface area contributed by atoms with Crippen molar-refractivity contribution in [2.24, 2.45) is 0 Å². The molecule has 3 heterocycles. The molecule has 3 aromatic heterocycles. The van der Waals surface area contributed by atoms with Gasteiger partial charge in [0.25, 0.3) is 0 Å². The third-order valence-electron chi connectivity index (χ3n) is 11.9. The van der Waals surface area contributed by atoms with Crippen LogP contribution < -0.4 is 0 Å². The Kier molecular flexibility index (Phi) is 8.42. The van der Waals surface area contributed by atoms with Crippen LogP contribution in [-0.4, -0.2) is 19.5 Å². The zero-order valence-electron chi connectivity index (χ0n) is 33.5. The molecule has 0 saturated heterocycles. The fourth-order valence-corrected chi connectivity index (χ4v) is 8.90. The van der Waals surface area contributed by atoms with Crippen molar-refractivity contribution in [1.82, 2.24) is 19.5 Å². The first-order valence-corrected chi connectivity index (χ1v) is 20.8. The molecule has 0 unspecified atom stereocenters. The Balaban J connectivity index is 1.09. The normalized spacial score (nSPS) is 11.5. The number of hydrogen-bond acceptors (Lipinski definition) is 4. The van der Waals surface area contributed by atoms with Crippen molar-refractivity contribution < 1.29 is 4.42 Å². The van der Waals surface area contributed by atoms with E-state index in [1.165, 1.54) is 21.9 Å². The lowest BCUT2D eigenvalue weighted by atomic mass is 10.0. The Bertz CT molecular complexity index is 3520. The maximum absolute atomic E-state index is 7.00. The fourth-order valence-electron chi connectivity index (χ4n) is 8.90. The quantitative estimate of drug-likeness (QED) is 0.161. The van der Waals surface area contributed by atoms with Crippen molar-refractivity contribution in [3.8, 4) is 73.2 Å². The van der Waals surface area contributed by atoms with Crippen LogP contribution in [-0.2, 0) is 0 Å². The molecule has 0 saturated carbocycles. The SMILES string of the molecule is c1ccc(-c2cccc(-c3nc(-c4ccccc4)nc(-c4cccc5oc6c(-n7c8cc(-c9ccccc9)ccc8c8ccc(-c9ccccc9)cc87)cccc6c45)n3)c2)cc1. The van der Waals surface area contributed by atoms with Crippen molar-refractivity contribution in [1.29, 1.82) is 0 Å². The van der Waals surface area contributed by atoms with Gasteiger partial charge in [-0.15, -0.1) is 0 Å². The maximum atomic E-state index is 7.00. The first kappa shape index (κ1) is 35.5. The van der Waals surface area contributed by atoms with Gasteiger partial charge in [0.2, 0.25) is 0 Å². The van der Waals surface area contributed by atoms with Gasteiger partial charge >= 0.3 is 0 Å². The number of furan rings is 1. The van der Waals surface area contributed by atoms with E-state index in [9.17, 15) is 0 Å². The van der Waals surface area contributed by atoms with Gasteiger partial charge in [-0.05, 0) is 63.7 Å². The summed E-state index contributed by atoms with van der Waals surface area (Å²) in [6.07, 6.45) is 0. The lowest BCUT2D eigenvalue weighted by molar-refractivity contribution is 0.666. The van der Waals surface area contributed by atoms with E-state index in [1.54, 1.807) is 0 Å². The lowest BCUT2D eigenvalue weighted by Gasteiger charge is -2.11. The third-order valence-corrected chi connectivity index (χ3v) is 11.9. The first-order chi connectivity index (χ1) is 30.7. The van der Waals surface area contributed by atoms with E-state index >= 15 is 0 Å². The number of aromatic nitrogens is 4. The van der Waals surface area contributed by atoms with Gasteiger partial charge in [0, 0.05) is 38.2 Å². The first-order valence-electron chi connectivity index (χ1n) is 20.8. The minimum absolute atomic E-state index is 0.578. The second kappa shape index (κ2) is 14.7. The predicted molar refractivity (Wildman–Crippen MR) is 254 cm³/mol. The topological polar surface area (TPSA) is 56.7 Å². The van der Waals surface area contributed by atoms with Gasteiger partial charge in [-0.2, -0.15) is 0 Å². The molecule has 0 atom stereocenters. The standard InChI is InChI=1S/C57H36N4O/c1-5-16-37(17-6-1)41-24-13-25-44(34-41)56-58-55(40-22-11-4-12-23-40)59-57(60-56)48-27-15-29-52-53(48)47-26-14-28-49(54(47)62-52)61-50-35-42(38-18-7-2-8-19-38)30-32-45(50)46-33-31-43(36-51(46)61)39-20-9-3-10-21-39/h1-36H. The van der Waals surface area contributed by atoms with Crippen LogP contribution in [0.1, 0.15) is 0 Å². The molecule has 12 rings (SSSR count). The Morgan fingerprint density at radius 2 is 0.790 bits per heavy atom. The van der Waals surface area contributed by atoms with Gasteiger partial charge < -0.3 is 8.98 Å². The van der Waals surface area contributed by atoms with Crippen molar-refractivity contribution in [3.05, 3.63) is 218 Å². The Morgan fingerprint density at radius 3 is 1.39 bits per heavy atom. The molecule has 0 radical (unpaired) electrons. The van der Waals surface area contributed by atoms with E-state index in [1.807, 2.05) is 48.5 Å². The van der Waals surface area contributed by atoms with E-state index in [0.717, 1.165) is 77.6 Å². The van der Waals surface area contributed by atoms with E-state index in [4.69, 9.17) is 19.4 Å². The van der Waals surface area contributed by atoms with Gasteiger partial charge in [-0.25, -0.2) is 15.0 Å². The monoisotopic (exact) mass is 792 g/mol. The summed E-state index contributed by atoms with van der Waals surface area (Å²) in [6.45, 7) is 0. The highest BCUT2D eigenvalue weighted by molar-refractivity contribution is 6.16. The molecular weight excluding hydrogens is 757 g/mol. The molecule has 5 nitrogen and oxygen atoms in total. The zero-order valence-corrected chi connectivity index (χ0v) is 33.5. The summed E-state index contributed by atoms with van der Waals surface area (Å²) >= 11 is 0. The molecule has 12 aromatic rings. The van der Waals surface area contributed by atoms with Crippen molar-refractivity contribution >= 4 is 43.7 Å². The van der Waals surface area contributed by atoms with E-state index in [-0.39, 0.29) is 0 Å².